The van der Waals surface area contributed by atoms with Crippen molar-refractivity contribution in [1.82, 2.24) is 9.78 Å². The number of nitrogens with two attached hydrogens (primary N) is 1. The van der Waals surface area contributed by atoms with Crippen molar-refractivity contribution in [3.63, 3.8) is 0 Å². The molecule has 1 atom stereocenters. The van der Waals surface area contributed by atoms with Crippen molar-refractivity contribution in [1.29, 1.82) is 0 Å². The van der Waals surface area contributed by atoms with Crippen molar-refractivity contribution in [3.8, 4) is 0 Å². The molecule has 21 heavy (non-hydrogen) atoms. The van der Waals surface area contributed by atoms with Crippen molar-refractivity contribution < 1.29 is 4.39 Å². The molecule has 2 rings (SSSR count). The predicted octanol–water partition coefficient (Wildman–Crippen LogP) is 3.47. The molecule has 0 saturated carbocycles. The van der Waals surface area contributed by atoms with Gasteiger partial charge in [-0.15, -0.1) is 0 Å². The summed E-state index contributed by atoms with van der Waals surface area (Å²) in [5.41, 5.74) is 9.23. The van der Waals surface area contributed by atoms with Gasteiger partial charge >= 0.3 is 0 Å². The average Bonchev–Trinajstić information content (AvgIpc) is 2.76. The second-order valence-electron chi connectivity index (χ2n) is 5.30. The monoisotopic (exact) mass is 353 g/mol. The summed E-state index contributed by atoms with van der Waals surface area (Å²) in [6, 6.07) is 6.66. The third-order valence-corrected chi connectivity index (χ3v) is 4.74. The number of halogens is 2. The van der Waals surface area contributed by atoms with Gasteiger partial charge in [0.15, 0.2) is 0 Å². The van der Waals surface area contributed by atoms with Gasteiger partial charge in [0.1, 0.15) is 5.82 Å². The van der Waals surface area contributed by atoms with Gasteiger partial charge < -0.3 is 5.73 Å². The third kappa shape index (κ3) is 3.92. The number of hydrogen-bond donors (Lipinski definition) is 1. The number of rotatable bonds is 6. The fourth-order valence-corrected chi connectivity index (χ4v) is 2.98. The van der Waals surface area contributed by atoms with E-state index in [9.17, 15) is 4.39 Å². The van der Waals surface area contributed by atoms with E-state index in [2.05, 4.69) is 28.0 Å². The smallest absolute Gasteiger partial charge is 0.123 e. The van der Waals surface area contributed by atoms with Gasteiger partial charge in [-0.2, -0.15) is 5.10 Å². The summed E-state index contributed by atoms with van der Waals surface area (Å²) in [6.07, 6.45) is 1.71. The van der Waals surface area contributed by atoms with Gasteiger partial charge in [-0.1, -0.05) is 12.1 Å². The zero-order valence-electron chi connectivity index (χ0n) is 12.4. The van der Waals surface area contributed by atoms with E-state index in [0.717, 1.165) is 35.1 Å². The van der Waals surface area contributed by atoms with Crippen molar-refractivity contribution in [2.45, 2.75) is 33.2 Å². The van der Waals surface area contributed by atoms with Crippen LogP contribution in [0.3, 0.4) is 0 Å². The van der Waals surface area contributed by atoms with Gasteiger partial charge in [-0.05, 0) is 72.8 Å². The first-order valence-corrected chi connectivity index (χ1v) is 8.00. The van der Waals surface area contributed by atoms with Crippen LogP contribution in [0, 0.1) is 18.7 Å². The summed E-state index contributed by atoms with van der Waals surface area (Å²) in [5, 5.41) is 4.51. The lowest BCUT2D eigenvalue weighted by molar-refractivity contribution is 0.497. The zero-order valence-corrected chi connectivity index (χ0v) is 14.0. The highest BCUT2D eigenvalue weighted by Crippen LogP contribution is 2.24. The molecule has 1 heterocycles. The Balaban J connectivity index is 2.14. The van der Waals surface area contributed by atoms with Crippen molar-refractivity contribution in [2.24, 2.45) is 11.7 Å². The van der Waals surface area contributed by atoms with E-state index in [4.69, 9.17) is 5.73 Å². The molecule has 0 aliphatic heterocycles. The van der Waals surface area contributed by atoms with Gasteiger partial charge in [0, 0.05) is 6.54 Å². The van der Waals surface area contributed by atoms with E-state index in [0.29, 0.717) is 12.5 Å². The fourth-order valence-electron chi connectivity index (χ4n) is 2.53. The van der Waals surface area contributed by atoms with Crippen LogP contribution in [0.25, 0.3) is 0 Å². The molecule has 0 saturated heterocycles. The number of hydrogen-bond acceptors (Lipinski definition) is 2. The summed E-state index contributed by atoms with van der Waals surface area (Å²) in [5.74, 6) is 0.110. The van der Waals surface area contributed by atoms with Crippen LogP contribution in [0.1, 0.15) is 23.9 Å². The maximum atomic E-state index is 13.0. The van der Waals surface area contributed by atoms with E-state index < -0.39 is 0 Å². The standard InChI is InChI=1S/C16H21BrFN3/c1-3-21-15(16(17)11(2)20-21)9-13(10-19)8-12-4-6-14(18)7-5-12/h4-7,13H,3,8-10,19H2,1-2H3. The summed E-state index contributed by atoms with van der Waals surface area (Å²) in [6.45, 7) is 5.52. The lowest BCUT2D eigenvalue weighted by atomic mass is 9.94. The van der Waals surface area contributed by atoms with Crippen LogP contribution in [-0.4, -0.2) is 16.3 Å². The SMILES string of the molecule is CCn1nc(C)c(Br)c1CC(CN)Cc1ccc(F)cc1. The van der Waals surface area contributed by atoms with Gasteiger partial charge in [0.25, 0.3) is 0 Å². The van der Waals surface area contributed by atoms with E-state index in [1.807, 2.05) is 23.7 Å². The molecule has 3 nitrogen and oxygen atoms in total. The Bertz CT molecular complexity index is 592. The number of nitrogens with zero attached hydrogens (tertiary/aromatic N) is 2. The number of aromatic nitrogens is 2. The molecule has 0 spiro atoms. The molecule has 0 aliphatic carbocycles. The molecule has 1 aromatic heterocycles. The minimum absolute atomic E-state index is 0.203. The first-order chi connectivity index (χ1) is 10.0. The summed E-state index contributed by atoms with van der Waals surface area (Å²) < 4.78 is 16.1. The Labute approximate surface area is 133 Å². The molecule has 0 bridgehead atoms. The summed E-state index contributed by atoms with van der Waals surface area (Å²) in [7, 11) is 0. The van der Waals surface area contributed by atoms with Crippen LogP contribution in [0.5, 0.6) is 0 Å². The van der Waals surface area contributed by atoms with Crippen molar-refractivity contribution in [2.75, 3.05) is 6.54 Å². The second-order valence-corrected chi connectivity index (χ2v) is 6.09. The van der Waals surface area contributed by atoms with Crippen molar-refractivity contribution in [3.05, 3.63) is 51.5 Å². The Morgan fingerprint density at radius 2 is 1.95 bits per heavy atom. The molecule has 0 radical (unpaired) electrons. The minimum atomic E-state index is -0.203. The quantitative estimate of drug-likeness (QED) is 0.863. The molecule has 2 aromatic rings. The Morgan fingerprint density at radius 3 is 2.52 bits per heavy atom. The van der Waals surface area contributed by atoms with Gasteiger partial charge in [0.05, 0.1) is 15.9 Å². The molecule has 0 fully saturated rings. The first-order valence-electron chi connectivity index (χ1n) is 7.21. The Morgan fingerprint density at radius 1 is 1.29 bits per heavy atom. The number of benzene rings is 1. The molecule has 0 amide bonds. The largest absolute Gasteiger partial charge is 0.330 e. The second kappa shape index (κ2) is 7.18. The van der Waals surface area contributed by atoms with Gasteiger partial charge in [0.2, 0.25) is 0 Å². The molecule has 2 N–H and O–H groups in total. The van der Waals surface area contributed by atoms with Gasteiger partial charge in [-0.3, -0.25) is 4.68 Å². The number of aryl methyl sites for hydroxylation is 2. The third-order valence-electron chi connectivity index (χ3n) is 3.71. The minimum Gasteiger partial charge on any atom is -0.330 e. The van der Waals surface area contributed by atoms with E-state index in [-0.39, 0.29) is 5.82 Å². The Kier molecular flexibility index (Phi) is 5.53. The predicted molar refractivity (Wildman–Crippen MR) is 86.7 cm³/mol. The molecule has 5 heteroatoms. The maximum absolute atomic E-state index is 13.0. The van der Waals surface area contributed by atoms with Gasteiger partial charge in [-0.25, -0.2) is 4.39 Å². The molecule has 1 unspecified atom stereocenters. The summed E-state index contributed by atoms with van der Waals surface area (Å²) >= 11 is 3.62. The Hall–Kier alpha value is -1.20. The lowest BCUT2D eigenvalue weighted by Crippen LogP contribution is -2.21. The van der Waals surface area contributed by atoms with Crippen LogP contribution in [0.15, 0.2) is 28.7 Å². The highest BCUT2D eigenvalue weighted by Gasteiger charge is 2.17. The van der Waals surface area contributed by atoms with Crippen molar-refractivity contribution >= 4 is 15.9 Å². The molecule has 114 valence electrons. The fraction of sp³-hybridized carbons (Fsp3) is 0.438. The molecule has 1 aromatic carbocycles. The maximum Gasteiger partial charge on any atom is 0.123 e. The topological polar surface area (TPSA) is 43.8 Å². The van der Waals surface area contributed by atoms with E-state index in [1.54, 1.807) is 0 Å². The first kappa shape index (κ1) is 16.2. The average molecular weight is 354 g/mol. The van der Waals surface area contributed by atoms with Crippen LogP contribution >= 0.6 is 15.9 Å². The van der Waals surface area contributed by atoms with E-state index >= 15 is 0 Å². The lowest BCUT2D eigenvalue weighted by Gasteiger charge is -2.16. The highest BCUT2D eigenvalue weighted by atomic mass is 79.9. The van der Waals surface area contributed by atoms with Crippen LogP contribution in [-0.2, 0) is 19.4 Å². The zero-order chi connectivity index (χ0) is 15.4. The normalized spacial score (nSPS) is 12.6. The molecule has 0 aliphatic rings. The highest BCUT2D eigenvalue weighted by molar-refractivity contribution is 9.10. The summed E-state index contributed by atoms with van der Waals surface area (Å²) in [4.78, 5) is 0. The molecular weight excluding hydrogens is 333 g/mol. The molecular formula is C16H21BrFN3. The van der Waals surface area contributed by atoms with Crippen LogP contribution in [0.4, 0.5) is 4.39 Å². The van der Waals surface area contributed by atoms with Crippen LogP contribution < -0.4 is 5.73 Å². The van der Waals surface area contributed by atoms with E-state index in [1.165, 1.54) is 17.8 Å². The van der Waals surface area contributed by atoms with Crippen LogP contribution in [0.2, 0.25) is 0 Å².